The molecule has 1 saturated heterocycles. The van der Waals surface area contributed by atoms with Gasteiger partial charge in [0.05, 0.1) is 7.11 Å². The summed E-state index contributed by atoms with van der Waals surface area (Å²) in [6.45, 7) is 3.68. The minimum absolute atomic E-state index is 0.128. The molecule has 2 atom stereocenters. The van der Waals surface area contributed by atoms with Crippen molar-refractivity contribution < 1.29 is 19.1 Å². The summed E-state index contributed by atoms with van der Waals surface area (Å²) in [5, 5.41) is 5.28. The van der Waals surface area contributed by atoms with Gasteiger partial charge in [-0.3, -0.25) is 9.59 Å². The lowest BCUT2D eigenvalue weighted by atomic mass is 10.1. The molecule has 6 heteroatoms. The molecule has 1 rings (SSSR count). The topological polar surface area (TPSA) is 84.5 Å². The number of nitrogens with one attached hydrogen (secondary N) is 2. The van der Waals surface area contributed by atoms with E-state index in [4.69, 9.17) is 4.74 Å². The number of allylic oxidation sites excluding steroid dienone is 1. The zero-order valence-corrected chi connectivity index (χ0v) is 13.2. The first-order chi connectivity index (χ1) is 10.6. The van der Waals surface area contributed by atoms with Crippen molar-refractivity contribution in [3.63, 3.8) is 0 Å². The number of unbranched alkanes of at least 4 members (excludes halogenated alkanes) is 4. The molecule has 2 amide bonds. The van der Waals surface area contributed by atoms with Crippen LogP contribution in [0, 0.1) is 0 Å². The summed E-state index contributed by atoms with van der Waals surface area (Å²) in [5.41, 5.74) is 0. The van der Waals surface area contributed by atoms with E-state index in [9.17, 15) is 14.4 Å². The molecule has 6 nitrogen and oxygen atoms in total. The van der Waals surface area contributed by atoms with Gasteiger partial charge in [0.15, 0.2) is 0 Å². The van der Waals surface area contributed by atoms with Gasteiger partial charge in [-0.25, -0.2) is 4.79 Å². The van der Waals surface area contributed by atoms with Gasteiger partial charge in [-0.1, -0.05) is 25.3 Å². The number of esters is 1. The van der Waals surface area contributed by atoms with Crippen LogP contribution in [-0.4, -0.2) is 37.0 Å². The highest BCUT2D eigenvalue weighted by atomic mass is 16.5. The lowest BCUT2D eigenvalue weighted by molar-refractivity contribution is -0.145. The maximum Gasteiger partial charge on any atom is 0.328 e. The molecular formula is C16H26N2O4. The number of methoxy groups -OCH3 is 1. The predicted molar refractivity (Wildman–Crippen MR) is 83.0 cm³/mol. The zero-order chi connectivity index (χ0) is 16.4. The second-order valence-corrected chi connectivity index (χ2v) is 5.52. The summed E-state index contributed by atoms with van der Waals surface area (Å²) >= 11 is 0. The van der Waals surface area contributed by atoms with Gasteiger partial charge in [0.2, 0.25) is 11.8 Å². The SMILES string of the molecule is C=CCCCCCC[C@H](NC(=O)[C@H]1CCC(=O)N1)C(=O)OC. The summed E-state index contributed by atoms with van der Waals surface area (Å²) in [5.74, 6) is -0.881. The van der Waals surface area contributed by atoms with Gasteiger partial charge in [0.1, 0.15) is 12.1 Å². The van der Waals surface area contributed by atoms with Crippen LogP contribution in [0.4, 0.5) is 0 Å². The first kappa shape index (κ1) is 18.2. The Labute approximate surface area is 131 Å². The minimum atomic E-state index is -0.644. The maximum atomic E-state index is 12.1. The summed E-state index contributed by atoms with van der Waals surface area (Å²) in [6, 6.07) is -1.18. The van der Waals surface area contributed by atoms with Crippen LogP contribution in [-0.2, 0) is 19.1 Å². The number of rotatable bonds is 10. The zero-order valence-electron chi connectivity index (χ0n) is 13.2. The summed E-state index contributed by atoms with van der Waals surface area (Å²) in [4.78, 5) is 34.9. The van der Waals surface area contributed by atoms with Crippen LogP contribution in [0.1, 0.15) is 51.4 Å². The smallest absolute Gasteiger partial charge is 0.328 e. The van der Waals surface area contributed by atoms with E-state index < -0.39 is 18.1 Å². The summed E-state index contributed by atoms with van der Waals surface area (Å²) in [6.07, 6.45) is 8.27. The van der Waals surface area contributed by atoms with Gasteiger partial charge in [-0.2, -0.15) is 0 Å². The van der Waals surface area contributed by atoms with E-state index in [0.717, 1.165) is 32.1 Å². The van der Waals surface area contributed by atoms with Gasteiger partial charge in [-0.15, -0.1) is 6.58 Å². The second kappa shape index (κ2) is 9.97. The molecule has 0 aromatic carbocycles. The van der Waals surface area contributed by atoms with Crippen LogP contribution in [0.2, 0.25) is 0 Å². The number of amides is 2. The van der Waals surface area contributed by atoms with Crippen LogP contribution in [0.3, 0.4) is 0 Å². The summed E-state index contributed by atoms with van der Waals surface area (Å²) in [7, 11) is 1.31. The van der Waals surface area contributed by atoms with Gasteiger partial charge < -0.3 is 15.4 Å². The van der Waals surface area contributed by atoms with Crippen molar-refractivity contribution in [3.8, 4) is 0 Å². The average molecular weight is 310 g/mol. The largest absolute Gasteiger partial charge is 0.467 e. The third kappa shape index (κ3) is 6.28. The number of hydrogen-bond donors (Lipinski definition) is 2. The Kier molecular flexibility index (Phi) is 8.25. The van der Waals surface area contributed by atoms with Crippen LogP contribution in [0.25, 0.3) is 0 Å². The quantitative estimate of drug-likeness (QED) is 0.363. The van der Waals surface area contributed by atoms with Gasteiger partial charge in [-0.05, 0) is 25.7 Å². The highest BCUT2D eigenvalue weighted by Crippen LogP contribution is 2.11. The fraction of sp³-hybridized carbons (Fsp3) is 0.688. The van der Waals surface area contributed by atoms with E-state index in [2.05, 4.69) is 17.2 Å². The third-order valence-corrected chi connectivity index (χ3v) is 3.77. The van der Waals surface area contributed by atoms with E-state index in [1.54, 1.807) is 0 Å². The standard InChI is InChI=1S/C16H26N2O4/c1-3-4-5-6-7-8-9-13(16(21)22-2)18-15(20)12-10-11-14(19)17-12/h3,12-13H,1,4-11H2,2H3,(H,17,19)(H,18,20)/t12-,13+/m1/s1. The maximum absolute atomic E-state index is 12.1. The fourth-order valence-electron chi connectivity index (χ4n) is 2.46. The first-order valence-corrected chi connectivity index (χ1v) is 7.87. The van der Waals surface area contributed by atoms with Crippen molar-refractivity contribution in [1.29, 1.82) is 0 Å². The van der Waals surface area contributed by atoms with Crippen molar-refractivity contribution in [1.82, 2.24) is 10.6 Å². The van der Waals surface area contributed by atoms with E-state index in [-0.39, 0.29) is 11.8 Å². The molecule has 0 aromatic heterocycles. The Morgan fingerprint density at radius 2 is 2.14 bits per heavy atom. The molecule has 1 aliphatic heterocycles. The normalized spacial score (nSPS) is 18.4. The molecule has 2 N–H and O–H groups in total. The molecule has 0 aliphatic carbocycles. The Morgan fingerprint density at radius 1 is 1.41 bits per heavy atom. The molecule has 22 heavy (non-hydrogen) atoms. The Bertz CT molecular complexity index is 409. The molecule has 0 saturated carbocycles. The van der Waals surface area contributed by atoms with Crippen molar-refractivity contribution in [3.05, 3.63) is 12.7 Å². The Balaban J connectivity index is 2.36. The average Bonchev–Trinajstić information content (AvgIpc) is 2.95. The highest BCUT2D eigenvalue weighted by Gasteiger charge is 2.30. The van der Waals surface area contributed by atoms with Gasteiger partial charge in [0.25, 0.3) is 0 Å². The number of hydrogen-bond acceptors (Lipinski definition) is 4. The predicted octanol–water partition coefficient (Wildman–Crippen LogP) is 1.45. The highest BCUT2D eigenvalue weighted by molar-refractivity contribution is 5.93. The molecule has 1 aliphatic rings. The number of carbonyl (C=O) groups is 3. The molecule has 124 valence electrons. The lowest BCUT2D eigenvalue weighted by Gasteiger charge is -2.18. The van der Waals surface area contributed by atoms with Crippen LogP contribution >= 0.6 is 0 Å². The molecule has 1 heterocycles. The van der Waals surface area contributed by atoms with E-state index in [1.807, 2.05) is 6.08 Å². The fourth-order valence-corrected chi connectivity index (χ4v) is 2.46. The molecule has 1 fully saturated rings. The molecule has 0 radical (unpaired) electrons. The van der Waals surface area contributed by atoms with Crippen molar-refractivity contribution in [2.75, 3.05) is 7.11 Å². The molecule has 0 aromatic rings. The third-order valence-electron chi connectivity index (χ3n) is 3.77. The van der Waals surface area contributed by atoms with Crippen molar-refractivity contribution in [2.45, 2.75) is 63.5 Å². The second-order valence-electron chi connectivity index (χ2n) is 5.52. The molecule has 0 unspecified atom stereocenters. The van der Waals surface area contributed by atoms with Crippen molar-refractivity contribution >= 4 is 17.8 Å². The lowest BCUT2D eigenvalue weighted by Crippen LogP contribution is -2.49. The molecule has 0 bridgehead atoms. The number of ether oxygens (including phenoxy) is 1. The monoisotopic (exact) mass is 310 g/mol. The summed E-state index contributed by atoms with van der Waals surface area (Å²) < 4.78 is 4.74. The number of carbonyl (C=O) groups excluding carboxylic acids is 3. The first-order valence-electron chi connectivity index (χ1n) is 7.87. The minimum Gasteiger partial charge on any atom is -0.467 e. The molecular weight excluding hydrogens is 284 g/mol. The molecule has 0 spiro atoms. The van der Waals surface area contributed by atoms with Crippen LogP contribution < -0.4 is 10.6 Å². The van der Waals surface area contributed by atoms with E-state index >= 15 is 0 Å². The van der Waals surface area contributed by atoms with E-state index in [0.29, 0.717) is 19.3 Å². The van der Waals surface area contributed by atoms with Crippen molar-refractivity contribution in [2.24, 2.45) is 0 Å². The van der Waals surface area contributed by atoms with Gasteiger partial charge >= 0.3 is 5.97 Å². The van der Waals surface area contributed by atoms with Crippen LogP contribution in [0.5, 0.6) is 0 Å². The Hall–Kier alpha value is -1.85. The van der Waals surface area contributed by atoms with Gasteiger partial charge in [0, 0.05) is 6.42 Å². The van der Waals surface area contributed by atoms with E-state index in [1.165, 1.54) is 7.11 Å². The van der Waals surface area contributed by atoms with Crippen LogP contribution in [0.15, 0.2) is 12.7 Å². The Morgan fingerprint density at radius 3 is 2.73 bits per heavy atom.